The Morgan fingerprint density at radius 2 is 2.00 bits per heavy atom. The van der Waals surface area contributed by atoms with Crippen LogP contribution in [0.4, 0.5) is 17.2 Å². The summed E-state index contributed by atoms with van der Waals surface area (Å²) in [6.07, 6.45) is 3.52. The van der Waals surface area contributed by atoms with Crippen LogP contribution in [0.1, 0.15) is 12.6 Å². The lowest BCUT2D eigenvalue weighted by molar-refractivity contribution is 0.0989. The summed E-state index contributed by atoms with van der Waals surface area (Å²) in [6, 6.07) is 14.6. The molecule has 3 heterocycles. The summed E-state index contributed by atoms with van der Waals surface area (Å²) in [5, 5.41) is 3.38. The standard InChI is InChI=1S/C21H23N5O/c1-15-12-20(25-21(23-15)17-4-3-9-22-13-17)24-18-5-7-19(8-6-18)26-10-11-27-14-16(26)2/h3-9,12-13,16H,10-11,14H2,1-2H3,(H,23,24,25). The van der Waals surface area contributed by atoms with Crippen LogP contribution in [0.3, 0.4) is 0 Å². The average molecular weight is 361 g/mol. The first-order valence-electron chi connectivity index (χ1n) is 9.16. The normalized spacial score (nSPS) is 17.0. The summed E-state index contributed by atoms with van der Waals surface area (Å²) in [5.74, 6) is 1.44. The molecule has 1 aromatic carbocycles. The predicted octanol–water partition coefficient (Wildman–Crippen LogP) is 3.82. The Bertz CT molecular complexity index is 898. The highest BCUT2D eigenvalue weighted by Gasteiger charge is 2.18. The third kappa shape index (κ3) is 4.06. The zero-order valence-corrected chi connectivity index (χ0v) is 15.6. The second-order valence-electron chi connectivity index (χ2n) is 6.75. The van der Waals surface area contributed by atoms with E-state index in [9.17, 15) is 0 Å². The Hall–Kier alpha value is -2.99. The molecule has 0 amide bonds. The van der Waals surface area contributed by atoms with Gasteiger partial charge in [0.1, 0.15) is 5.82 Å². The molecule has 1 aliphatic rings. The Morgan fingerprint density at radius 3 is 2.74 bits per heavy atom. The number of hydrogen-bond acceptors (Lipinski definition) is 6. The molecule has 6 nitrogen and oxygen atoms in total. The predicted molar refractivity (Wildman–Crippen MR) is 107 cm³/mol. The van der Waals surface area contributed by atoms with Crippen molar-refractivity contribution < 1.29 is 4.74 Å². The van der Waals surface area contributed by atoms with Gasteiger partial charge in [0.15, 0.2) is 5.82 Å². The molecule has 0 bridgehead atoms. The van der Waals surface area contributed by atoms with Crippen LogP contribution in [-0.4, -0.2) is 40.8 Å². The second kappa shape index (κ2) is 7.72. The van der Waals surface area contributed by atoms with Gasteiger partial charge in [0, 0.05) is 53.7 Å². The largest absolute Gasteiger partial charge is 0.377 e. The number of hydrogen-bond donors (Lipinski definition) is 1. The van der Waals surface area contributed by atoms with Crippen LogP contribution in [0.25, 0.3) is 11.4 Å². The Morgan fingerprint density at radius 1 is 1.15 bits per heavy atom. The summed E-state index contributed by atoms with van der Waals surface area (Å²) in [4.78, 5) is 15.7. The van der Waals surface area contributed by atoms with Gasteiger partial charge in [-0.15, -0.1) is 0 Å². The van der Waals surface area contributed by atoms with E-state index in [4.69, 9.17) is 4.74 Å². The summed E-state index contributed by atoms with van der Waals surface area (Å²) >= 11 is 0. The topological polar surface area (TPSA) is 63.2 Å². The maximum absolute atomic E-state index is 5.52. The number of aromatic nitrogens is 3. The summed E-state index contributed by atoms with van der Waals surface area (Å²) < 4.78 is 5.52. The molecule has 2 aromatic heterocycles. The maximum atomic E-state index is 5.52. The Kier molecular flexibility index (Phi) is 4.98. The SMILES string of the molecule is Cc1cc(Nc2ccc(N3CCOCC3C)cc2)nc(-c2cccnc2)n1. The minimum absolute atomic E-state index is 0.393. The number of nitrogens with one attached hydrogen (secondary N) is 1. The molecule has 27 heavy (non-hydrogen) atoms. The van der Waals surface area contributed by atoms with Crippen molar-refractivity contribution in [1.29, 1.82) is 0 Å². The first-order valence-corrected chi connectivity index (χ1v) is 9.16. The van der Waals surface area contributed by atoms with E-state index < -0.39 is 0 Å². The number of ether oxygens (including phenoxy) is 1. The van der Waals surface area contributed by atoms with Crippen LogP contribution in [0.2, 0.25) is 0 Å². The third-order valence-corrected chi connectivity index (χ3v) is 4.61. The molecule has 3 aromatic rings. The van der Waals surface area contributed by atoms with Gasteiger partial charge < -0.3 is 15.0 Å². The number of pyridine rings is 1. The minimum Gasteiger partial charge on any atom is -0.377 e. The molecule has 1 saturated heterocycles. The quantitative estimate of drug-likeness (QED) is 0.762. The van der Waals surface area contributed by atoms with Gasteiger partial charge in [0.05, 0.1) is 13.2 Å². The number of benzene rings is 1. The number of rotatable bonds is 4. The number of nitrogens with zero attached hydrogens (tertiary/aromatic N) is 4. The van der Waals surface area contributed by atoms with E-state index in [2.05, 4.69) is 56.4 Å². The molecule has 0 radical (unpaired) electrons. The summed E-state index contributed by atoms with van der Waals surface area (Å²) in [5.41, 5.74) is 4.02. The van der Waals surface area contributed by atoms with Crippen LogP contribution in [0.5, 0.6) is 0 Å². The van der Waals surface area contributed by atoms with Crippen molar-refractivity contribution in [3.05, 3.63) is 60.6 Å². The highest BCUT2D eigenvalue weighted by atomic mass is 16.5. The molecule has 4 rings (SSSR count). The first-order chi connectivity index (χ1) is 13.2. The number of anilines is 3. The van der Waals surface area contributed by atoms with Crippen LogP contribution in [0.15, 0.2) is 54.9 Å². The summed E-state index contributed by atoms with van der Waals surface area (Å²) in [7, 11) is 0. The van der Waals surface area contributed by atoms with E-state index in [0.717, 1.165) is 42.5 Å². The second-order valence-corrected chi connectivity index (χ2v) is 6.75. The molecule has 1 fully saturated rings. The van der Waals surface area contributed by atoms with E-state index in [-0.39, 0.29) is 0 Å². The van der Waals surface area contributed by atoms with E-state index in [1.165, 1.54) is 5.69 Å². The van der Waals surface area contributed by atoms with Crippen molar-refractivity contribution >= 4 is 17.2 Å². The Labute approximate surface area is 159 Å². The van der Waals surface area contributed by atoms with Gasteiger partial charge in [-0.05, 0) is 50.2 Å². The zero-order chi connectivity index (χ0) is 18.6. The van der Waals surface area contributed by atoms with Crippen LogP contribution >= 0.6 is 0 Å². The lowest BCUT2D eigenvalue weighted by Crippen LogP contribution is -2.43. The minimum atomic E-state index is 0.393. The molecule has 1 N–H and O–H groups in total. The van der Waals surface area contributed by atoms with Gasteiger partial charge in [-0.1, -0.05) is 0 Å². The monoisotopic (exact) mass is 361 g/mol. The fourth-order valence-corrected chi connectivity index (χ4v) is 3.25. The molecule has 138 valence electrons. The third-order valence-electron chi connectivity index (χ3n) is 4.61. The van der Waals surface area contributed by atoms with E-state index in [0.29, 0.717) is 11.9 Å². The average Bonchev–Trinajstić information content (AvgIpc) is 2.69. The van der Waals surface area contributed by atoms with Crippen molar-refractivity contribution in [2.75, 3.05) is 30.0 Å². The van der Waals surface area contributed by atoms with Crippen molar-refractivity contribution in [2.24, 2.45) is 0 Å². The van der Waals surface area contributed by atoms with E-state index in [1.54, 1.807) is 12.4 Å². The van der Waals surface area contributed by atoms with E-state index >= 15 is 0 Å². The van der Waals surface area contributed by atoms with Crippen molar-refractivity contribution in [3.8, 4) is 11.4 Å². The fraction of sp³-hybridized carbons (Fsp3) is 0.286. The van der Waals surface area contributed by atoms with Gasteiger partial charge in [0.2, 0.25) is 0 Å². The lowest BCUT2D eigenvalue weighted by atomic mass is 10.2. The van der Waals surface area contributed by atoms with Crippen molar-refractivity contribution in [2.45, 2.75) is 19.9 Å². The van der Waals surface area contributed by atoms with Gasteiger partial charge in [-0.3, -0.25) is 4.98 Å². The number of aryl methyl sites for hydroxylation is 1. The van der Waals surface area contributed by atoms with Gasteiger partial charge in [0.25, 0.3) is 0 Å². The number of morpholine rings is 1. The van der Waals surface area contributed by atoms with Crippen LogP contribution < -0.4 is 10.2 Å². The smallest absolute Gasteiger partial charge is 0.163 e. The molecule has 0 saturated carbocycles. The molecule has 6 heteroatoms. The summed E-state index contributed by atoms with van der Waals surface area (Å²) in [6.45, 7) is 6.64. The van der Waals surface area contributed by atoms with Gasteiger partial charge in [-0.2, -0.15) is 0 Å². The fourth-order valence-electron chi connectivity index (χ4n) is 3.25. The first kappa shape index (κ1) is 17.4. The molecule has 1 unspecified atom stereocenters. The van der Waals surface area contributed by atoms with Gasteiger partial charge >= 0.3 is 0 Å². The van der Waals surface area contributed by atoms with Crippen LogP contribution in [0, 0.1) is 6.92 Å². The molecular formula is C21H23N5O. The molecule has 0 spiro atoms. The highest BCUT2D eigenvalue weighted by molar-refractivity contribution is 5.63. The lowest BCUT2D eigenvalue weighted by Gasteiger charge is -2.35. The maximum Gasteiger partial charge on any atom is 0.163 e. The highest BCUT2D eigenvalue weighted by Crippen LogP contribution is 2.24. The van der Waals surface area contributed by atoms with Crippen LogP contribution in [-0.2, 0) is 4.74 Å². The Balaban J connectivity index is 1.53. The molecule has 0 aliphatic carbocycles. The van der Waals surface area contributed by atoms with Gasteiger partial charge in [-0.25, -0.2) is 9.97 Å². The molecule has 1 atom stereocenters. The van der Waals surface area contributed by atoms with Crippen molar-refractivity contribution in [3.63, 3.8) is 0 Å². The molecular weight excluding hydrogens is 338 g/mol. The molecule has 1 aliphatic heterocycles. The van der Waals surface area contributed by atoms with E-state index in [1.807, 2.05) is 25.1 Å². The zero-order valence-electron chi connectivity index (χ0n) is 15.6. The van der Waals surface area contributed by atoms with Crippen molar-refractivity contribution in [1.82, 2.24) is 15.0 Å².